The molecule has 36 heavy (non-hydrogen) atoms. The molecule has 1 unspecified atom stereocenters. The van der Waals surface area contributed by atoms with Crippen LogP contribution in [0.5, 0.6) is 17.2 Å². The number of hydrogen-bond donors (Lipinski definition) is 0. The number of amides is 1. The molecule has 0 fully saturated rings. The molecule has 5 rings (SSSR count). The van der Waals surface area contributed by atoms with Crippen molar-refractivity contribution in [2.45, 2.75) is 12.5 Å². The van der Waals surface area contributed by atoms with Gasteiger partial charge in [0.2, 0.25) is 5.76 Å². The Labute approximate surface area is 212 Å². The molecule has 184 valence electrons. The maximum Gasteiger partial charge on any atom is 0.290 e. The van der Waals surface area contributed by atoms with Crippen LogP contribution in [0.15, 0.2) is 69.9 Å². The van der Waals surface area contributed by atoms with E-state index in [1.54, 1.807) is 44.4 Å². The van der Waals surface area contributed by atoms with Crippen LogP contribution in [0.25, 0.3) is 11.0 Å². The molecule has 0 radical (unpaired) electrons. The SMILES string of the molecule is COc1ccc(C2c3c(oc4ccc(Cl)cc4c3=O)C(=O)N2CCc2ccc(OC)c(OC)c2)cc1. The van der Waals surface area contributed by atoms with Crippen molar-refractivity contribution in [3.8, 4) is 17.2 Å². The molecule has 3 aromatic carbocycles. The van der Waals surface area contributed by atoms with Crippen molar-refractivity contribution in [1.82, 2.24) is 4.90 Å². The van der Waals surface area contributed by atoms with Gasteiger partial charge in [-0.25, -0.2) is 0 Å². The third kappa shape index (κ3) is 4.05. The number of ether oxygens (including phenoxy) is 3. The summed E-state index contributed by atoms with van der Waals surface area (Å²) in [6.45, 7) is 0.353. The van der Waals surface area contributed by atoms with Gasteiger partial charge in [0.1, 0.15) is 11.3 Å². The van der Waals surface area contributed by atoms with E-state index in [2.05, 4.69) is 0 Å². The third-order valence-electron chi connectivity index (χ3n) is 6.45. The van der Waals surface area contributed by atoms with E-state index in [0.717, 1.165) is 11.1 Å². The van der Waals surface area contributed by atoms with Crippen LogP contribution in [0, 0.1) is 0 Å². The van der Waals surface area contributed by atoms with Gasteiger partial charge < -0.3 is 23.5 Å². The highest BCUT2D eigenvalue weighted by molar-refractivity contribution is 6.31. The van der Waals surface area contributed by atoms with Crippen molar-refractivity contribution in [3.63, 3.8) is 0 Å². The molecule has 2 heterocycles. The average molecular weight is 506 g/mol. The van der Waals surface area contributed by atoms with Crippen LogP contribution < -0.4 is 19.6 Å². The van der Waals surface area contributed by atoms with Gasteiger partial charge in [-0.2, -0.15) is 0 Å². The van der Waals surface area contributed by atoms with Crippen molar-refractivity contribution in [2.24, 2.45) is 0 Å². The summed E-state index contributed by atoms with van der Waals surface area (Å²) in [5, 5.41) is 0.764. The number of halogens is 1. The van der Waals surface area contributed by atoms with Crippen molar-refractivity contribution < 1.29 is 23.4 Å². The molecule has 1 atom stereocenters. The second kappa shape index (κ2) is 9.59. The lowest BCUT2D eigenvalue weighted by atomic mass is 9.98. The van der Waals surface area contributed by atoms with Crippen LogP contribution in [0.2, 0.25) is 5.02 Å². The first-order valence-corrected chi connectivity index (χ1v) is 11.7. The molecule has 4 aromatic rings. The second-order valence-electron chi connectivity index (χ2n) is 8.43. The minimum atomic E-state index is -0.613. The Kier molecular flexibility index (Phi) is 6.33. The van der Waals surface area contributed by atoms with Crippen LogP contribution >= 0.6 is 11.6 Å². The number of nitrogens with zero attached hydrogens (tertiary/aromatic N) is 1. The number of carbonyl (C=O) groups excluding carboxylic acids is 1. The van der Waals surface area contributed by atoms with E-state index < -0.39 is 6.04 Å². The van der Waals surface area contributed by atoms with Crippen LogP contribution in [0.3, 0.4) is 0 Å². The summed E-state index contributed by atoms with van der Waals surface area (Å²) >= 11 is 6.16. The summed E-state index contributed by atoms with van der Waals surface area (Å²) < 4.78 is 22.0. The fourth-order valence-corrected chi connectivity index (χ4v) is 4.81. The van der Waals surface area contributed by atoms with Gasteiger partial charge in [-0.1, -0.05) is 29.8 Å². The Balaban J connectivity index is 1.58. The molecule has 0 bridgehead atoms. The standard InChI is InChI=1S/C28H24ClNO6/c1-33-19-8-5-17(6-9-19)25-24-26(31)20-15-18(29)7-11-21(20)36-27(24)28(32)30(25)13-12-16-4-10-22(34-2)23(14-16)35-3/h4-11,14-15,25H,12-13H2,1-3H3. The highest BCUT2D eigenvalue weighted by atomic mass is 35.5. The largest absolute Gasteiger partial charge is 0.497 e. The normalized spacial score (nSPS) is 14.7. The Morgan fingerprint density at radius 3 is 2.33 bits per heavy atom. The van der Waals surface area contributed by atoms with Crippen molar-refractivity contribution in [3.05, 3.63) is 98.4 Å². The molecule has 1 aliphatic rings. The molecular formula is C28H24ClNO6. The van der Waals surface area contributed by atoms with Gasteiger partial charge in [-0.15, -0.1) is 0 Å². The maximum atomic E-state index is 13.6. The van der Waals surface area contributed by atoms with E-state index in [0.29, 0.717) is 51.8 Å². The number of benzene rings is 3. The molecule has 1 aromatic heterocycles. The topological polar surface area (TPSA) is 78.2 Å². The first kappa shape index (κ1) is 23.8. The Hall–Kier alpha value is -3.97. The van der Waals surface area contributed by atoms with Gasteiger partial charge in [0.25, 0.3) is 5.91 Å². The summed E-state index contributed by atoms with van der Waals surface area (Å²) in [5.41, 5.74) is 2.11. The average Bonchev–Trinajstić information content (AvgIpc) is 3.19. The van der Waals surface area contributed by atoms with E-state index in [1.165, 1.54) is 0 Å². The minimum absolute atomic E-state index is 0.0583. The van der Waals surface area contributed by atoms with Crippen molar-refractivity contribution in [2.75, 3.05) is 27.9 Å². The van der Waals surface area contributed by atoms with Crippen LogP contribution in [-0.4, -0.2) is 38.7 Å². The van der Waals surface area contributed by atoms with Crippen LogP contribution in [-0.2, 0) is 6.42 Å². The highest BCUT2D eigenvalue weighted by Crippen LogP contribution is 2.39. The predicted molar refractivity (Wildman–Crippen MR) is 137 cm³/mol. The molecule has 0 saturated carbocycles. The zero-order valence-corrected chi connectivity index (χ0v) is 20.8. The highest BCUT2D eigenvalue weighted by Gasteiger charge is 2.42. The Morgan fingerprint density at radius 2 is 1.64 bits per heavy atom. The molecule has 0 saturated heterocycles. The fourth-order valence-electron chi connectivity index (χ4n) is 4.64. The summed E-state index contributed by atoms with van der Waals surface area (Å²) in [5.74, 6) is 1.64. The van der Waals surface area contributed by atoms with Gasteiger partial charge in [0, 0.05) is 11.6 Å². The minimum Gasteiger partial charge on any atom is -0.497 e. The predicted octanol–water partition coefficient (Wildman–Crippen LogP) is 5.26. The molecule has 0 spiro atoms. The number of methoxy groups -OCH3 is 3. The monoisotopic (exact) mass is 505 g/mol. The first-order chi connectivity index (χ1) is 17.4. The Bertz CT molecular complexity index is 1510. The second-order valence-corrected chi connectivity index (χ2v) is 8.86. The molecule has 0 aliphatic carbocycles. The molecule has 0 N–H and O–H groups in total. The van der Waals surface area contributed by atoms with Gasteiger partial charge in [0.05, 0.1) is 38.3 Å². The quantitative estimate of drug-likeness (QED) is 0.341. The van der Waals surface area contributed by atoms with Gasteiger partial charge in [-0.3, -0.25) is 9.59 Å². The Morgan fingerprint density at radius 1 is 0.889 bits per heavy atom. The van der Waals surface area contributed by atoms with Gasteiger partial charge in [0.15, 0.2) is 16.9 Å². The molecule has 7 nitrogen and oxygen atoms in total. The maximum absolute atomic E-state index is 13.6. The van der Waals surface area contributed by atoms with E-state index in [1.807, 2.05) is 42.5 Å². The number of hydrogen-bond acceptors (Lipinski definition) is 6. The van der Waals surface area contributed by atoms with E-state index in [9.17, 15) is 9.59 Å². The van der Waals surface area contributed by atoms with Gasteiger partial charge in [-0.05, 0) is 60.0 Å². The zero-order valence-electron chi connectivity index (χ0n) is 20.0. The lowest BCUT2D eigenvalue weighted by Gasteiger charge is -2.25. The molecular weight excluding hydrogens is 482 g/mol. The van der Waals surface area contributed by atoms with Crippen molar-refractivity contribution >= 4 is 28.5 Å². The molecule has 1 aliphatic heterocycles. The fraction of sp³-hybridized carbons (Fsp3) is 0.214. The lowest BCUT2D eigenvalue weighted by Crippen LogP contribution is -2.31. The first-order valence-electron chi connectivity index (χ1n) is 11.4. The van der Waals surface area contributed by atoms with E-state index >= 15 is 0 Å². The molecule has 1 amide bonds. The summed E-state index contributed by atoms with van der Waals surface area (Å²) in [4.78, 5) is 28.9. The summed E-state index contributed by atoms with van der Waals surface area (Å²) in [7, 11) is 4.75. The molecule has 8 heteroatoms. The summed E-state index contributed by atoms with van der Waals surface area (Å²) in [6, 6.07) is 17.2. The third-order valence-corrected chi connectivity index (χ3v) is 6.68. The van der Waals surface area contributed by atoms with Gasteiger partial charge >= 0.3 is 0 Å². The van der Waals surface area contributed by atoms with E-state index in [4.69, 9.17) is 30.2 Å². The number of carbonyl (C=O) groups is 1. The van der Waals surface area contributed by atoms with Crippen molar-refractivity contribution in [1.29, 1.82) is 0 Å². The number of rotatable bonds is 7. The smallest absolute Gasteiger partial charge is 0.290 e. The van der Waals surface area contributed by atoms with Crippen LogP contribution in [0.4, 0.5) is 0 Å². The summed E-state index contributed by atoms with van der Waals surface area (Å²) in [6.07, 6.45) is 0.534. The van der Waals surface area contributed by atoms with Crippen LogP contribution in [0.1, 0.15) is 33.3 Å². The van der Waals surface area contributed by atoms with E-state index in [-0.39, 0.29) is 17.1 Å². The zero-order chi connectivity index (χ0) is 25.4. The number of fused-ring (bicyclic) bond motifs is 2. The lowest BCUT2D eigenvalue weighted by molar-refractivity contribution is 0.0730.